The van der Waals surface area contributed by atoms with Crippen molar-refractivity contribution in [2.45, 2.75) is 6.42 Å². The molecule has 0 aromatic carbocycles. The van der Waals surface area contributed by atoms with Crippen molar-refractivity contribution in [1.29, 1.82) is 0 Å². The van der Waals surface area contributed by atoms with Crippen molar-refractivity contribution in [1.82, 2.24) is 0 Å². The number of aldehydes is 1. The molecule has 1 fully saturated rings. The zero-order chi connectivity index (χ0) is 5.98. The van der Waals surface area contributed by atoms with E-state index >= 15 is 0 Å². The molecule has 0 heterocycles. The van der Waals surface area contributed by atoms with Crippen molar-refractivity contribution in [2.75, 3.05) is 13.7 Å². The summed E-state index contributed by atoms with van der Waals surface area (Å²) in [5.41, 5.74) is 0. The predicted molar refractivity (Wildman–Crippen MR) is 29.5 cm³/mol. The Morgan fingerprint density at radius 2 is 2.62 bits per heavy atom. The Bertz CT molecular complexity index is 90.5. The van der Waals surface area contributed by atoms with Crippen molar-refractivity contribution >= 4 is 6.29 Å². The lowest BCUT2D eigenvalue weighted by molar-refractivity contribution is -0.109. The molecule has 0 saturated heterocycles. The first kappa shape index (κ1) is 5.76. The second kappa shape index (κ2) is 2.27. The molecule has 0 aromatic rings. The van der Waals surface area contributed by atoms with Crippen molar-refractivity contribution in [3.05, 3.63) is 0 Å². The van der Waals surface area contributed by atoms with Crippen LogP contribution in [0.1, 0.15) is 6.42 Å². The summed E-state index contributed by atoms with van der Waals surface area (Å²) in [4.78, 5) is 10.00. The minimum atomic E-state index is 0.315. The molecule has 46 valence electrons. The van der Waals surface area contributed by atoms with E-state index in [2.05, 4.69) is 0 Å². The van der Waals surface area contributed by atoms with Crippen molar-refractivity contribution in [2.24, 2.45) is 11.8 Å². The average molecular weight is 114 g/mol. The van der Waals surface area contributed by atoms with Gasteiger partial charge in [-0.2, -0.15) is 0 Å². The molecule has 8 heavy (non-hydrogen) atoms. The molecule has 0 aromatic heterocycles. The molecule has 0 radical (unpaired) electrons. The normalized spacial score (nSPS) is 34.6. The summed E-state index contributed by atoms with van der Waals surface area (Å²) in [5, 5.41) is 0. The van der Waals surface area contributed by atoms with Gasteiger partial charge >= 0.3 is 0 Å². The first-order valence-corrected chi connectivity index (χ1v) is 2.82. The van der Waals surface area contributed by atoms with Gasteiger partial charge in [0.2, 0.25) is 0 Å². The lowest BCUT2D eigenvalue weighted by Gasteiger charge is -1.89. The fraction of sp³-hybridized carbons (Fsp3) is 0.833. The molecule has 1 rings (SSSR count). The summed E-state index contributed by atoms with van der Waals surface area (Å²) in [6, 6.07) is 0. The Balaban J connectivity index is 2.07. The highest BCUT2D eigenvalue weighted by atomic mass is 16.5. The summed E-state index contributed by atoms with van der Waals surface area (Å²) in [5.74, 6) is 0.854. The Morgan fingerprint density at radius 3 is 3.00 bits per heavy atom. The fourth-order valence-electron chi connectivity index (χ4n) is 0.843. The molecule has 0 spiro atoms. The molecule has 0 N–H and O–H groups in total. The van der Waals surface area contributed by atoms with E-state index < -0.39 is 0 Å². The summed E-state index contributed by atoms with van der Waals surface area (Å²) in [6.45, 7) is 0.753. The van der Waals surface area contributed by atoms with Crippen LogP contribution in [0.2, 0.25) is 0 Å². The van der Waals surface area contributed by atoms with Gasteiger partial charge in [-0.3, -0.25) is 0 Å². The quantitative estimate of drug-likeness (QED) is 0.498. The first-order valence-electron chi connectivity index (χ1n) is 2.82. The zero-order valence-electron chi connectivity index (χ0n) is 4.96. The zero-order valence-corrected chi connectivity index (χ0v) is 4.96. The molecular formula is C6H10O2. The summed E-state index contributed by atoms with van der Waals surface area (Å²) in [7, 11) is 1.67. The largest absolute Gasteiger partial charge is 0.384 e. The summed E-state index contributed by atoms with van der Waals surface area (Å²) in [6.07, 6.45) is 2.06. The highest BCUT2D eigenvalue weighted by Gasteiger charge is 2.36. The molecule has 2 unspecified atom stereocenters. The number of carbonyl (C=O) groups excluding carboxylic acids is 1. The second-order valence-electron chi connectivity index (χ2n) is 2.25. The number of hydrogen-bond donors (Lipinski definition) is 0. The Labute approximate surface area is 48.8 Å². The van der Waals surface area contributed by atoms with Crippen LogP contribution in [0.4, 0.5) is 0 Å². The Kier molecular flexibility index (Phi) is 1.63. The van der Waals surface area contributed by atoms with Crippen molar-refractivity contribution in [3.63, 3.8) is 0 Å². The van der Waals surface area contributed by atoms with Gasteiger partial charge in [0.1, 0.15) is 6.29 Å². The minimum Gasteiger partial charge on any atom is -0.384 e. The Hall–Kier alpha value is -0.370. The van der Waals surface area contributed by atoms with Gasteiger partial charge in [0, 0.05) is 19.6 Å². The van der Waals surface area contributed by atoms with Crippen LogP contribution in [0.15, 0.2) is 0 Å². The molecule has 2 atom stereocenters. The number of rotatable bonds is 3. The third kappa shape index (κ3) is 1.07. The lowest BCUT2D eigenvalue weighted by atomic mass is 10.4. The predicted octanol–water partition coefficient (Wildman–Crippen LogP) is 0.468. The summed E-state index contributed by atoms with van der Waals surface area (Å²) >= 11 is 0. The molecule has 2 heteroatoms. The van der Waals surface area contributed by atoms with Gasteiger partial charge in [0.15, 0.2) is 0 Å². The smallest absolute Gasteiger partial charge is 0.123 e. The van der Waals surface area contributed by atoms with E-state index in [0.29, 0.717) is 11.8 Å². The van der Waals surface area contributed by atoms with Crippen LogP contribution in [0, 0.1) is 11.8 Å². The van der Waals surface area contributed by atoms with E-state index in [1.165, 1.54) is 0 Å². The monoisotopic (exact) mass is 114 g/mol. The van der Waals surface area contributed by atoms with Crippen molar-refractivity contribution in [3.8, 4) is 0 Å². The SMILES string of the molecule is COCC1CC1C=O. The topological polar surface area (TPSA) is 26.3 Å². The molecule has 0 bridgehead atoms. The number of hydrogen-bond acceptors (Lipinski definition) is 2. The van der Waals surface area contributed by atoms with Gasteiger partial charge in [0.05, 0.1) is 0 Å². The maximum Gasteiger partial charge on any atom is 0.123 e. The van der Waals surface area contributed by atoms with Gasteiger partial charge in [-0.15, -0.1) is 0 Å². The number of ether oxygens (including phenoxy) is 1. The summed E-state index contributed by atoms with van der Waals surface area (Å²) < 4.78 is 4.84. The third-order valence-corrected chi connectivity index (χ3v) is 1.53. The molecule has 2 nitrogen and oxygen atoms in total. The molecule has 1 aliphatic rings. The van der Waals surface area contributed by atoms with Crippen LogP contribution < -0.4 is 0 Å². The number of carbonyl (C=O) groups is 1. The maximum atomic E-state index is 10.00. The third-order valence-electron chi connectivity index (χ3n) is 1.53. The van der Waals surface area contributed by atoms with E-state index in [4.69, 9.17) is 4.74 Å². The van der Waals surface area contributed by atoms with Crippen molar-refractivity contribution < 1.29 is 9.53 Å². The molecule has 1 saturated carbocycles. The van der Waals surface area contributed by atoms with Crippen LogP contribution >= 0.6 is 0 Å². The van der Waals surface area contributed by atoms with Crippen LogP contribution in [-0.2, 0) is 9.53 Å². The van der Waals surface area contributed by atoms with Gasteiger partial charge in [-0.25, -0.2) is 0 Å². The minimum absolute atomic E-state index is 0.315. The molecular weight excluding hydrogens is 104 g/mol. The van der Waals surface area contributed by atoms with Gasteiger partial charge in [0.25, 0.3) is 0 Å². The Morgan fingerprint density at radius 1 is 1.88 bits per heavy atom. The van der Waals surface area contributed by atoms with E-state index in [0.717, 1.165) is 19.3 Å². The highest BCUT2D eigenvalue weighted by molar-refractivity contribution is 5.58. The second-order valence-corrected chi connectivity index (χ2v) is 2.25. The van der Waals surface area contributed by atoms with Gasteiger partial charge in [-0.05, 0) is 12.3 Å². The highest BCUT2D eigenvalue weighted by Crippen LogP contribution is 2.36. The van der Waals surface area contributed by atoms with Gasteiger partial charge < -0.3 is 9.53 Å². The standard InChI is InChI=1S/C6H10O2/c1-8-4-6-2-5(6)3-7/h3,5-6H,2,4H2,1H3. The van der Waals surface area contributed by atoms with Crippen LogP contribution in [0.5, 0.6) is 0 Å². The number of methoxy groups -OCH3 is 1. The fourth-order valence-corrected chi connectivity index (χ4v) is 0.843. The molecule has 0 amide bonds. The van der Waals surface area contributed by atoms with Gasteiger partial charge in [-0.1, -0.05) is 0 Å². The average Bonchev–Trinajstić information content (AvgIpc) is 2.48. The van der Waals surface area contributed by atoms with E-state index in [-0.39, 0.29) is 0 Å². The van der Waals surface area contributed by atoms with Crippen LogP contribution in [0.3, 0.4) is 0 Å². The maximum absolute atomic E-state index is 10.00. The van der Waals surface area contributed by atoms with Crippen LogP contribution in [-0.4, -0.2) is 20.0 Å². The molecule has 0 aliphatic heterocycles. The van der Waals surface area contributed by atoms with Crippen LogP contribution in [0.25, 0.3) is 0 Å². The van der Waals surface area contributed by atoms with E-state index in [9.17, 15) is 4.79 Å². The first-order chi connectivity index (χ1) is 3.88. The van der Waals surface area contributed by atoms with E-state index in [1.807, 2.05) is 0 Å². The molecule has 1 aliphatic carbocycles. The lowest BCUT2D eigenvalue weighted by Crippen LogP contribution is -1.92. The van der Waals surface area contributed by atoms with E-state index in [1.54, 1.807) is 7.11 Å².